The molecule has 12 heteroatoms. The van der Waals surface area contributed by atoms with Crippen LogP contribution >= 0.6 is 0 Å². The molecule has 0 saturated heterocycles. The van der Waals surface area contributed by atoms with Gasteiger partial charge in [0.25, 0.3) is 10.1 Å². The SMILES string of the molecule is CC(C)CC(NC(=O)C(N)CS(=O)(=O)O)C(=O)NC(CCCNC(=N)N)C(C)C. The lowest BCUT2D eigenvalue weighted by atomic mass is 9.97. The van der Waals surface area contributed by atoms with Gasteiger partial charge in [-0.3, -0.25) is 19.6 Å². The van der Waals surface area contributed by atoms with Crippen LogP contribution in [0.2, 0.25) is 0 Å². The predicted molar refractivity (Wildman–Crippen MR) is 112 cm³/mol. The molecule has 0 aromatic heterocycles. The van der Waals surface area contributed by atoms with E-state index in [9.17, 15) is 18.0 Å². The van der Waals surface area contributed by atoms with Crippen LogP contribution < -0.4 is 27.4 Å². The van der Waals surface area contributed by atoms with Gasteiger partial charge in [-0.1, -0.05) is 27.7 Å². The fourth-order valence-corrected chi connectivity index (χ4v) is 3.29. The molecule has 0 spiro atoms. The van der Waals surface area contributed by atoms with Crippen molar-refractivity contribution in [2.75, 3.05) is 12.3 Å². The molecule has 2 amide bonds. The molecule has 0 aromatic rings. The minimum atomic E-state index is -4.41. The van der Waals surface area contributed by atoms with Crippen LogP contribution in [0, 0.1) is 17.2 Å². The molecule has 0 saturated carbocycles. The Labute approximate surface area is 173 Å². The molecule has 0 bridgehead atoms. The normalized spacial score (nSPS) is 14.9. The van der Waals surface area contributed by atoms with Gasteiger partial charge in [-0.15, -0.1) is 0 Å². The third-order valence-electron chi connectivity index (χ3n) is 4.21. The van der Waals surface area contributed by atoms with Gasteiger partial charge in [0.1, 0.15) is 12.1 Å². The highest BCUT2D eigenvalue weighted by atomic mass is 32.2. The van der Waals surface area contributed by atoms with Crippen LogP contribution in [0.1, 0.15) is 47.0 Å². The zero-order valence-electron chi connectivity index (χ0n) is 17.6. The van der Waals surface area contributed by atoms with E-state index < -0.39 is 33.9 Å². The first kappa shape index (κ1) is 27.1. The van der Waals surface area contributed by atoms with E-state index in [1.807, 2.05) is 27.7 Å². The third kappa shape index (κ3) is 13.0. The van der Waals surface area contributed by atoms with Crippen LogP contribution in [0.25, 0.3) is 0 Å². The van der Waals surface area contributed by atoms with E-state index in [1.54, 1.807) is 0 Å². The fraction of sp³-hybridized carbons (Fsp3) is 0.824. The molecule has 3 unspecified atom stereocenters. The molecule has 11 nitrogen and oxygen atoms in total. The zero-order chi connectivity index (χ0) is 22.8. The van der Waals surface area contributed by atoms with Crippen molar-refractivity contribution in [3.8, 4) is 0 Å². The molecule has 0 aliphatic rings. The Kier molecular flexibility index (Phi) is 11.8. The largest absolute Gasteiger partial charge is 0.370 e. The summed E-state index contributed by atoms with van der Waals surface area (Å²) in [6.07, 6.45) is 1.67. The second kappa shape index (κ2) is 12.6. The number of nitrogens with one attached hydrogen (secondary N) is 4. The number of nitrogens with two attached hydrogens (primary N) is 2. The first-order valence-electron chi connectivity index (χ1n) is 9.62. The minimum Gasteiger partial charge on any atom is -0.370 e. The number of carbonyl (C=O) groups is 2. The molecule has 0 heterocycles. The van der Waals surface area contributed by atoms with Crippen molar-refractivity contribution >= 4 is 27.9 Å². The molecule has 0 rings (SSSR count). The summed E-state index contributed by atoms with van der Waals surface area (Å²) in [5.74, 6) is -2.03. The first-order valence-corrected chi connectivity index (χ1v) is 11.2. The Balaban J connectivity index is 5.02. The van der Waals surface area contributed by atoms with Gasteiger partial charge in [0, 0.05) is 12.6 Å². The van der Waals surface area contributed by atoms with Gasteiger partial charge in [0.05, 0.1) is 5.75 Å². The van der Waals surface area contributed by atoms with E-state index in [1.165, 1.54) is 0 Å². The first-order chi connectivity index (χ1) is 13.2. The highest BCUT2D eigenvalue weighted by molar-refractivity contribution is 7.85. The van der Waals surface area contributed by atoms with Gasteiger partial charge in [-0.2, -0.15) is 8.42 Å². The van der Waals surface area contributed by atoms with Crippen molar-refractivity contribution in [3.63, 3.8) is 0 Å². The van der Waals surface area contributed by atoms with Gasteiger partial charge in [-0.25, -0.2) is 0 Å². The average Bonchev–Trinajstić information content (AvgIpc) is 2.54. The number of carbonyl (C=O) groups excluding carboxylic acids is 2. The van der Waals surface area contributed by atoms with Gasteiger partial charge in [0.2, 0.25) is 11.8 Å². The maximum atomic E-state index is 12.8. The topological polar surface area (TPSA) is 200 Å². The number of guanidine groups is 1. The molecule has 29 heavy (non-hydrogen) atoms. The molecule has 0 fully saturated rings. The lowest BCUT2D eigenvalue weighted by Gasteiger charge is -2.27. The van der Waals surface area contributed by atoms with Crippen molar-refractivity contribution in [2.45, 2.75) is 65.1 Å². The summed E-state index contributed by atoms with van der Waals surface area (Å²) in [6.45, 7) is 8.20. The molecule has 0 aromatic carbocycles. The van der Waals surface area contributed by atoms with E-state index in [2.05, 4.69) is 16.0 Å². The molecule has 0 aliphatic carbocycles. The Hall–Kier alpha value is -1.92. The highest BCUT2D eigenvalue weighted by Gasteiger charge is 2.28. The molecule has 0 radical (unpaired) electrons. The second-order valence-electron chi connectivity index (χ2n) is 7.89. The summed E-state index contributed by atoms with van der Waals surface area (Å²) < 4.78 is 30.7. The summed E-state index contributed by atoms with van der Waals surface area (Å²) >= 11 is 0. The van der Waals surface area contributed by atoms with E-state index >= 15 is 0 Å². The number of amides is 2. The fourth-order valence-electron chi connectivity index (χ4n) is 2.68. The Bertz CT molecular complexity index is 653. The molecule has 170 valence electrons. The molecular weight excluding hydrogens is 400 g/mol. The molecule has 9 N–H and O–H groups in total. The van der Waals surface area contributed by atoms with Crippen LogP contribution in [0.15, 0.2) is 0 Å². The monoisotopic (exact) mass is 436 g/mol. The van der Waals surface area contributed by atoms with E-state index in [-0.39, 0.29) is 29.7 Å². The van der Waals surface area contributed by atoms with Crippen LogP contribution in [-0.2, 0) is 19.7 Å². The van der Waals surface area contributed by atoms with Crippen molar-refractivity contribution < 1.29 is 22.6 Å². The maximum Gasteiger partial charge on any atom is 0.266 e. The van der Waals surface area contributed by atoms with Gasteiger partial charge < -0.3 is 27.4 Å². The van der Waals surface area contributed by atoms with Crippen molar-refractivity contribution in [1.82, 2.24) is 16.0 Å². The lowest BCUT2D eigenvalue weighted by Crippen LogP contribution is -2.55. The lowest BCUT2D eigenvalue weighted by molar-refractivity contribution is -0.130. The summed E-state index contributed by atoms with van der Waals surface area (Å²) in [6, 6.07) is -2.52. The highest BCUT2D eigenvalue weighted by Crippen LogP contribution is 2.11. The smallest absolute Gasteiger partial charge is 0.266 e. The van der Waals surface area contributed by atoms with Crippen LogP contribution in [-0.4, -0.2) is 61.2 Å². The minimum absolute atomic E-state index is 0.0844. The van der Waals surface area contributed by atoms with Crippen LogP contribution in [0.4, 0.5) is 0 Å². The Morgan fingerprint density at radius 2 is 1.69 bits per heavy atom. The molecule has 3 atom stereocenters. The van der Waals surface area contributed by atoms with Crippen molar-refractivity contribution in [3.05, 3.63) is 0 Å². The second-order valence-corrected chi connectivity index (χ2v) is 9.38. The van der Waals surface area contributed by atoms with E-state index in [4.69, 9.17) is 21.4 Å². The average molecular weight is 437 g/mol. The van der Waals surface area contributed by atoms with Gasteiger partial charge >= 0.3 is 0 Å². The molecular formula is C17H36N6O5S. The van der Waals surface area contributed by atoms with E-state index in [0.29, 0.717) is 25.8 Å². The number of rotatable bonds is 13. The zero-order valence-corrected chi connectivity index (χ0v) is 18.4. The van der Waals surface area contributed by atoms with Crippen molar-refractivity contribution in [1.29, 1.82) is 5.41 Å². The standard InChI is InChI=1S/C17H36N6O5S/c1-10(2)8-14(23-15(24)12(18)9-29(26,27)28)16(25)22-13(11(3)4)6-5-7-21-17(19)20/h10-14H,5-9,18H2,1-4H3,(H,22,25)(H,23,24)(H4,19,20,21)(H,26,27,28). The summed E-state index contributed by atoms with van der Waals surface area (Å²) in [4.78, 5) is 25.0. The van der Waals surface area contributed by atoms with E-state index in [0.717, 1.165) is 0 Å². The number of hydrogen-bond acceptors (Lipinski definition) is 6. The van der Waals surface area contributed by atoms with Gasteiger partial charge in [-0.05, 0) is 31.1 Å². The maximum absolute atomic E-state index is 12.8. The third-order valence-corrected chi connectivity index (χ3v) is 4.99. The summed E-state index contributed by atoms with van der Waals surface area (Å²) in [5.41, 5.74) is 10.8. The Morgan fingerprint density at radius 3 is 2.14 bits per heavy atom. The predicted octanol–water partition coefficient (Wildman–Crippen LogP) is -0.864. The van der Waals surface area contributed by atoms with Crippen LogP contribution in [0.3, 0.4) is 0 Å². The summed E-state index contributed by atoms with van der Waals surface area (Å²) in [7, 11) is -4.41. The molecule has 0 aliphatic heterocycles. The Morgan fingerprint density at radius 1 is 1.10 bits per heavy atom. The quantitative estimate of drug-likeness (QED) is 0.0835. The van der Waals surface area contributed by atoms with Crippen LogP contribution in [0.5, 0.6) is 0 Å². The van der Waals surface area contributed by atoms with Crippen molar-refractivity contribution in [2.24, 2.45) is 23.3 Å². The number of hydrogen-bond donors (Lipinski definition) is 7. The van der Waals surface area contributed by atoms with Gasteiger partial charge in [0.15, 0.2) is 5.96 Å². The summed E-state index contributed by atoms with van der Waals surface area (Å²) in [5, 5.41) is 15.3.